The van der Waals surface area contributed by atoms with E-state index in [2.05, 4.69) is 5.32 Å². The fourth-order valence-corrected chi connectivity index (χ4v) is 2.98. The zero-order chi connectivity index (χ0) is 14.5. The van der Waals surface area contributed by atoms with Crippen LogP contribution in [0, 0.1) is 0 Å². The number of hydrogen-bond donors (Lipinski definition) is 2. The molecule has 0 aliphatic carbocycles. The second-order valence-corrected chi connectivity index (χ2v) is 6.92. The molecule has 0 aliphatic heterocycles. The molecule has 106 valence electrons. The standard InChI is InChI=1S/C13H20N2O3S/c1-3-4-8-19(17,18)10(2)13(16)15-12-7-5-6-11(14)9-12/h5-7,9-10H,3-4,8,14H2,1-2H3,(H,15,16). The number of hydrogen-bond acceptors (Lipinski definition) is 4. The summed E-state index contributed by atoms with van der Waals surface area (Å²) in [5.41, 5.74) is 6.61. The summed E-state index contributed by atoms with van der Waals surface area (Å²) in [5, 5.41) is 1.51. The Balaban J connectivity index is 2.72. The van der Waals surface area contributed by atoms with Crippen molar-refractivity contribution in [3.05, 3.63) is 24.3 Å². The molecule has 0 saturated heterocycles. The van der Waals surface area contributed by atoms with Crippen LogP contribution in [0.3, 0.4) is 0 Å². The van der Waals surface area contributed by atoms with E-state index in [1.54, 1.807) is 24.3 Å². The van der Waals surface area contributed by atoms with Crippen molar-refractivity contribution in [2.24, 2.45) is 0 Å². The van der Waals surface area contributed by atoms with Gasteiger partial charge in [0.05, 0.1) is 5.75 Å². The number of nitrogens with one attached hydrogen (secondary N) is 1. The molecule has 6 heteroatoms. The van der Waals surface area contributed by atoms with Gasteiger partial charge in [-0.15, -0.1) is 0 Å². The summed E-state index contributed by atoms with van der Waals surface area (Å²) in [4.78, 5) is 11.9. The molecule has 19 heavy (non-hydrogen) atoms. The zero-order valence-corrected chi connectivity index (χ0v) is 12.0. The van der Waals surface area contributed by atoms with Crippen LogP contribution < -0.4 is 11.1 Å². The Morgan fingerprint density at radius 3 is 2.68 bits per heavy atom. The molecule has 1 rings (SSSR count). The highest BCUT2D eigenvalue weighted by Gasteiger charge is 2.27. The third kappa shape index (κ3) is 4.55. The quantitative estimate of drug-likeness (QED) is 0.780. The lowest BCUT2D eigenvalue weighted by Crippen LogP contribution is -2.34. The first kappa shape index (κ1) is 15.5. The smallest absolute Gasteiger partial charge is 0.242 e. The largest absolute Gasteiger partial charge is 0.399 e. The van der Waals surface area contributed by atoms with Crippen LogP contribution in [0.1, 0.15) is 26.7 Å². The number of carbonyl (C=O) groups is 1. The first-order valence-corrected chi connectivity index (χ1v) is 7.96. The maximum Gasteiger partial charge on any atom is 0.242 e. The third-order valence-corrected chi connectivity index (χ3v) is 4.99. The number of nitrogen functional groups attached to an aromatic ring is 1. The number of carbonyl (C=O) groups excluding carboxylic acids is 1. The molecule has 1 aromatic rings. The number of sulfone groups is 1. The lowest BCUT2D eigenvalue weighted by atomic mass is 10.3. The molecule has 5 nitrogen and oxygen atoms in total. The van der Waals surface area contributed by atoms with Crippen LogP contribution in [0.25, 0.3) is 0 Å². The number of rotatable bonds is 6. The van der Waals surface area contributed by atoms with Gasteiger partial charge >= 0.3 is 0 Å². The molecule has 0 heterocycles. The number of nitrogens with two attached hydrogens (primary N) is 1. The van der Waals surface area contributed by atoms with Gasteiger partial charge < -0.3 is 11.1 Å². The van der Waals surface area contributed by atoms with E-state index in [0.717, 1.165) is 6.42 Å². The molecule has 0 aliphatic rings. The maximum atomic E-state index is 11.9. The molecule has 0 radical (unpaired) electrons. The van der Waals surface area contributed by atoms with Crippen LogP contribution in [0.5, 0.6) is 0 Å². The number of anilines is 2. The summed E-state index contributed by atoms with van der Waals surface area (Å²) in [6.45, 7) is 3.32. The van der Waals surface area contributed by atoms with E-state index in [-0.39, 0.29) is 5.75 Å². The Kier molecular flexibility index (Phi) is 5.35. The van der Waals surface area contributed by atoms with Gasteiger partial charge in [-0.05, 0) is 31.5 Å². The Morgan fingerprint density at radius 1 is 1.42 bits per heavy atom. The predicted molar refractivity (Wildman–Crippen MR) is 77.6 cm³/mol. The van der Waals surface area contributed by atoms with Crippen molar-refractivity contribution in [1.82, 2.24) is 0 Å². The van der Waals surface area contributed by atoms with Crippen molar-refractivity contribution in [1.29, 1.82) is 0 Å². The van der Waals surface area contributed by atoms with E-state index in [1.165, 1.54) is 6.92 Å². The molecule has 0 spiro atoms. The predicted octanol–water partition coefficient (Wildman–Crippen LogP) is 1.81. The van der Waals surface area contributed by atoms with Crippen LogP contribution >= 0.6 is 0 Å². The van der Waals surface area contributed by atoms with E-state index < -0.39 is 21.0 Å². The molecular weight excluding hydrogens is 264 g/mol. The van der Waals surface area contributed by atoms with Crippen LogP contribution in [0.4, 0.5) is 11.4 Å². The summed E-state index contributed by atoms with van der Waals surface area (Å²) >= 11 is 0. The normalized spacial score (nSPS) is 12.9. The summed E-state index contributed by atoms with van der Waals surface area (Å²) < 4.78 is 23.8. The number of unbranched alkanes of at least 4 members (excludes halogenated alkanes) is 1. The van der Waals surface area contributed by atoms with E-state index in [0.29, 0.717) is 17.8 Å². The van der Waals surface area contributed by atoms with Gasteiger partial charge in [-0.1, -0.05) is 19.4 Å². The van der Waals surface area contributed by atoms with Gasteiger partial charge in [-0.25, -0.2) is 8.42 Å². The molecule has 0 aromatic heterocycles. The minimum atomic E-state index is -3.40. The molecule has 0 bridgehead atoms. The fourth-order valence-electron chi connectivity index (χ4n) is 1.55. The zero-order valence-electron chi connectivity index (χ0n) is 11.2. The van der Waals surface area contributed by atoms with Gasteiger partial charge in [0.15, 0.2) is 9.84 Å². The van der Waals surface area contributed by atoms with E-state index in [4.69, 9.17) is 5.73 Å². The van der Waals surface area contributed by atoms with Crippen molar-refractivity contribution in [2.75, 3.05) is 16.8 Å². The van der Waals surface area contributed by atoms with E-state index >= 15 is 0 Å². The van der Waals surface area contributed by atoms with Crippen LogP contribution in [-0.2, 0) is 14.6 Å². The van der Waals surface area contributed by atoms with Crippen LogP contribution in [0.15, 0.2) is 24.3 Å². The van der Waals surface area contributed by atoms with Crippen molar-refractivity contribution in [3.63, 3.8) is 0 Å². The van der Waals surface area contributed by atoms with Gasteiger partial charge in [0.25, 0.3) is 0 Å². The van der Waals surface area contributed by atoms with Crippen LogP contribution in [-0.4, -0.2) is 25.3 Å². The van der Waals surface area contributed by atoms with Gasteiger partial charge in [0.2, 0.25) is 5.91 Å². The van der Waals surface area contributed by atoms with Crippen LogP contribution in [0.2, 0.25) is 0 Å². The SMILES string of the molecule is CCCCS(=O)(=O)C(C)C(=O)Nc1cccc(N)c1. The Morgan fingerprint density at radius 2 is 2.11 bits per heavy atom. The molecule has 0 fully saturated rings. The Bertz CT molecular complexity index is 541. The average Bonchev–Trinajstić information content (AvgIpc) is 2.35. The molecule has 3 N–H and O–H groups in total. The van der Waals surface area contributed by atoms with E-state index in [9.17, 15) is 13.2 Å². The molecule has 1 amide bonds. The topological polar surface area (TPSA) is 89.3 Å². The molecule has 1 unspecified atom stereocenters. The fraction of sp³-hybridized carbons (Fsp3) is 0.462. The molecule has 1 aromatic carbocycles. The van der Waals surface area contributed by atoms with E-state index in [1.807, 2.05) is 6.92 Å². The first-order valence-electron chi connectivity index (χ1n) is 6.25. The Hall–Kier alpha value is -1.56. The summed E-state index contributed by atoms with van der Waals surface area (Å²) in [5.74, 6) is -0.489. The number of amides is 1. The Labute approximate surface area is 114 Å². The highest BCUT2D eigenvalue weighted by atomic mass is 32.2. The third-order valence-electron chi connectivity index (χ3n) is 2.84. The van der Waals surface area contributed by atoms with Gasteiger partial charge in [0, 0.05) is 11.4 Å². The van der Waals surface area contributed by atoms with Crippen molar-refractivity contribution < 1.29 is 13.2 Å². The monoisotopic (exact) mass is 284 g/mol. The summed E-state index contributed by atoms with van der Waals surface area (Å²) in [6.07, 6.45) is 1.35. The lowest BCUT2D eigenvalue weighted by molar-refractivity contribution is -0.115. The number of benzene rings is 1. The van der Waals surface area contributed by atoms with Crippen molar-refractivity contribution >= 4 is 27.1 Å². The molecule has 0 saturated carbocycles. The van der Waals surface area contributed by atoms with Gasteiger partial charge in [-0.2, -0.15) is 0 Å². The minimum Gasteiger partial charge on any atom is -0.399 e. The highest BCUT2D eigenvalue weighted by molar-refractivity contribution is 7.92. The average molecular weight is 284 g/mol. The molecular formula is C13H20N2O3S. The lowest BCUT2D eigenvalue weighted by Gasteiger charge is -2.13. The van der Waals surface area contributed by atoms with Crippen molar-refractivity contribution in [2.45, 2.75) is 31.9 Å². The van der Waals surface area contributed by atoms with Gasteiger partial charge in [-0.3, -0.25) is 4.79 Å². The maximum absolute atomic E-state index is 11.9. The highest BCUT2D eigenvalue weighted by Crippen LogP contribution is 2.14. The molecule has 1 atom stereocenters. The second kappa shape index (κ2) is 6.56. The first-order chi connectivity index (χ1) is 8.86. The summed E-state index contributed by atoms with van der Waals surface area (Å²) in [7, 11) is -3.40. The second-order valence-electron chi connectivity index (χ2n) is 4.48. The van der Waals surface area contributed by atoms with Gasteiger partial charge in [0.1, 0.15) is 5.25 Å². The van der Waals surface area contributed by atoms with Crippen molar-refractivity contribution in [3.8, 4) is 0 Å². The minimum absolute atomic E-state index is 0.0367. The summed E-state index contributed by atoms with van der Waals surface area (Å²) in [6, 6.07) is 6.64.